The van der Waals surface area contributed by atoms with E-state index in [1.165, 1.54) is 6.20 Å². The van der Waals surface area contributed by atoms with Gasteiger partial charge in [0.15, 0.2) is 0 Å². The van der Waals surface area contributed by atoms with Crippen LogP contribution in [-0.2, 0) is 17.8 Å². The molecule has 0 fully saturated rings. The Bertz CT molecular complexity index is 961. The van der Waals surface area contributed by atoms with Crippen LogP contribution in [0.4, 0.5) is 5.69 Å². The van der Waals surface area contributed by atoms with Gasteiger partial charge < -0.3 is 10.6 Å². The predicted molar refractivity (Wildman–Crippen MR) is 113 cm³/mol. The van der Waals surface area contributed by atoms with Crippen molar-refractivity contribution in [3.05, 3.63) is 94.2 Å². The molecule has 6 heteroatoms. The van der Waals surface area contributed by atoms with E-state index in [1.54, 1.807) is 18.3 Å². The van der Waals surface area contributed by atoms with Crippen LogP contribution in [0.1, 0.15) is 27.9 Å². The number of amides is 2. The van der Waals surface area contributed by atoms with Crippen LogP contribution < -0.4 is 10.6 Å². The number of halogens is 1. The van der Waals surface area contributed by atoms with E-state index in [-0.39, 0.29) is 11.8 Å². The maximum Gasteiger partial charge on any atom is 0.253 e. The van der Waals surface area contributed by atoms with Crippen molar-refractivity contribution in [1.82, 2.24) is 10.3 Å². The third-order valence-electron chi connectivity index (χ3n) is 4.12. The molecule has 0 aliphatic rings. The fourth-order valence-corrected chi connectivity index (χ4v) is 3.16. The molecule has 28 heavy (non-hydrogen) atoms. The molecule has 0 atom stereocenters. The number of nitrogens with one attached hydrogen (secondary N) is 2. The highest BCUT2D eigenvalue weighted by Gasteiger charge is 2.07. The van der Waals surface area contributed by atoms with Crippen LogP contribution in [0.5, 0.6) is 0 Å². The summed E-state index contributed by atoms with van der Waals surface area (Å²) < 4.78 is 1.01. The van der Waals surface area contributed by atoms with E-state index in [4.69, 9.17) is 0 Å². The van der Waals surface area contributed by atoms with Crippen LogP contribution >= 0.6 is 15.9 Å². The smallest absolute Gasteiger partial charge is 0.253 e. The standard InChI is InChI=1S/C22H20BrN3O2/c23-19-7-1-4-16(12-19)9-10-21(27)26-20-8-2-5-17(13-20)14-25-22(28)18-6-3-11-24-15-18/h1-8,11-13,15H,9-10,14H2,(H,25,28)(H,26,27). The summed E-state index contributed by atoms with van der Waals surface area (Å²) in [4.78, 5) is 28.3. The number of carbonyl (C=O) groups excluding carboxylic acids is 2. The van der Waals surface area contributed by atoms with Crippen molar-refractivity contribution in [3.63, 3.8) is 0 Å². The van der Waals surface area contributed by atoms with Gasteiger partial charge in [-0.1, -0.05) is 40.2 Å². The first-order valence-electron chi connectivity index (χ1n) is 8.91. The Labute approximate surface area is 172 Å². The van der Waals surface area contributed by atoms with Crippen molar-refractivity contribution in [1.29, 1.82) is 0 Å². The van der Waals surface area contributed by atoms with Crippen LogP contribution in [0.3, 0.4) is 0 Å². The molecule has 3 rings (SSSR count). The molecule has 0 radical (unpaired) electrons. The number of carbonyl (C=O) groups is 2. The summed E-state index contributed by atoms with van der Waals surface area (Å²) in [5.41, 5.74) is 3.24. The third kappa shape index (κ3) is 6.03. The zero-order chi connectivity index (χ0) is 19.8. The van der Waals surface area contributed by atoms with Crippen molar-refractivity contribution in [2.24, 2.45) is 0 Å². The highest BCUT2D eigenvalue weighted by atomic mass is 79.9. The summed E-state index contributed by atoms with van der Waals surface area (Å²) >= 11 is 3.44. The van der Waals surface area contributed by atoms with E-state index >= 15 is 0 Å². The third-order valence-corrected chi connectivity index (χ3v) is 4.61. The summed E-state index contributed by atoms with van der Waals surface area (Å²) in [6.07, 6.45) is 4.22. The van der Waals surface area contributed by atoms with Gasteiger partial charge in [-0.3, -0.25) is 14.6 Å². The topological polar surface area (TPSA) is 71.1 Å². The van der Waals surface area contributed by atoms with Gasteiger partial charge in [-0.25, -0.2) is 0 Å². The molecule has 2 aromatic carbocycles. The first-order valence-corrected chi connectivity index (χ1v) is 9.71. The van der Waals surface area contributed by atoms with Crippen LogP contribution in [0.15, 0.2) is 77.5 Å². The number of aromatic nitrogens is 1. The minimum atomic E-state index is -0.184. The molecule has 1 heterocycles. The van der Waals surface area contributed by atoms with Gasteiger partial charge in [-0.05, 0) is 53.9 Å². The second kappa shape index (κ2) is 9.80. The number of anilines is 1. The molecule has 0 unspecified atom stereocenters. The van der Waals surface area contributed by atoms with Crippen molar-refractivity contribution in [3.8, 4) is 0 Å². The van der Waals surface area contributed by atoms with Gasteiger partial charge >= 0.3 is 0 Å². The highest BCUT2D eigenvalue weighted by Crippen LogP contribution is 2.15. The molecule has 5 nitrogen and oxygen atoms in total. The molecule has 2 amide bonds. The lowest BCUT2D eigenvalue weighted by Gasteiger charge is -2.09. The van der Waals surface area contributed by atoms with E-state index in [1.807, 2.05) is 48.5 Å². The number of benzene rings is 2. The number of pyridine rings is 1. The minimum absolute atomic E-state index is 0.0449. The van der Waals surface area contributed by atoms with Crippen LogP contribution in [0.2, 0.25) is 0 Å². The number of nitrogens with zero attached hydrogens (tertiary/aromatic N) is 1. The molecule has 0 bridgehead atoms. The summed E-state index contributed by atoms with van der Waals surface area (Å²) in [6, 6.07) is 18.8. The number of hydrogen-bond donors (Lipinski definition) is 2. The zero-order valence-electron chi connectivity index (χ0n) is 15.2. The first-order chi connectivity index (χ1) is 13.6. The lowest BCUT2D eigenvalue weighted by Crippen LogP contribution is -2.23. The van der Waals surface area contributed by atoms with E-state index in [0.29, 0.717) is 30.6 Å². The Morgan fingerprint density at radius 3 is 2.57 bits per heavy atom. The molecule has 2 N–H and O–H groups in total. The minimum Gasteiger partial charge on any atom is -0.348 e. The lowest BCUT2D eigenvalue weighted by molar-refractivity contribution is -0.116. The van der Waals surface area contributed by atoms with Crippen molar-refractivity contribution in [2.75, 3.05) is 5.32 Å². The molecule has 0 saturated carbocycles. The SMILES string of the molecule is O=C(CCc1cccc(Br)c1)Nc1cccc(CNC(=O)c2cccnc2)c1. The predicted octanol–water partition coefficient (Wildman–Crippen LogP) is 4.35. The summed E-state index contributed by atoms with van der Waals surface area (Å²) in [6.45, 7) is 0.371. The summed E-state index contributed by atoms with van der Waals surface area (Å²) in [5, 5.41) is 5.76. The molecule has 0 spiro atoms. The lowest BCUT2D eigenvalue weighted by atomic mass is 10.1. The quantitative estimate of drug-likeness (QED) is 0.577. The molecule has 0 aliphatic heterocycles. The highest BCUT2D eigenvalue weighted by molar-refractivity contribution is 9.10. The van der Waals surface area contributed by atoms with Crippen LogP contribution in [0, 0.1) is 0 Å². The van der Waals surface area contributed by atoms with Gasteiger partial charge in [0.1, 0.15) is 0 Å². The molecule has 3 aromatic rings. The molecule has 1 aromatic heterocycles. The number of aryl methyl sites for hydroxylation is 1. The monoisotopic (exact) mass is 437 g/mol. The molecular formula is C22H20BrN3O2. The molecular weight excluding hydrogens is 418 g/mol. The average molecular weight is 438 g/mol. The molecule has 0 saturated heterocycles. The zero-order valence-corrected chi connectivity index (χ0v) is 16.8. The fraction of sp³-hybridized carbons (Fsp3) is 0.136. The Balaban J connectivity index is 1.51. The van der Waals surface area contributed by atoms with E-state index < -0.39 is 0 Å². The van der Waals surface area contributed by atoms with Crippen LogP contribution in [0.25, 0.3) is 0 Å². The van der Waals surface area contributed by atoms with E-state index in [0.717, 1.165) is 15.6 Å². The van der Waals surface area contributed by atoms with Gasteiger partial charge in [0, 0.05) is 35.5 Å². The number of rotatable bonds is 7. The maximum atomic E-state index is 12.2. The largest absolute Gasteiger partial charge is 0.348 e. The second-order valence-electron chi connectivity index (χ2n) is 6.30. The first kappa shape index (κ1) is 19.8. The summed E-state index contributed by atoms with van der Waals surface area (Å²) in [7, 11) is 0. The van der Waals surface area contributed by atoms with Gasteiger partial charge in [0.2, 0.25) is 5.91 Å². The molecule has 142 valence electrons. The van der Waals surface area contributed by atoms with Crippen molar-refractivity contribution < 1.29 is 9.59 Å². The Morgan fingerprint density at radius 1 is 0.964 bits per heavy atom. The van der Waals surface area contributed by atoms with Gasteiger partial charge in [0.05, 0.1) is 5.56 Å². The fourth-order valence-electron chi connectivity index (χ4n) is 2.71. The Morgan fingerprint density at radius 2 is 1.79 bits per heavy atom. The van der Waals surface area contributed by atoms with Crippen molar-refractivity contribution >= 4 is 33.4 Å². The number of hydrogen-bond acceptors (Lipinski definition) is 3. The van der Waals surface area contributed by atoms with E-state index in [9.17, 15) is 9.59 Å². The average Bonchev–Trinajstić information content (AvgIpc) is 2.71. The van der Waals surface area contributed by atoms with Gasteiger partial charge in [-0.2, -0.15) is 0 Å². The van der Waals surface area contributed by atoms with Gasteiger partial charge in [0.25, 0.3) is 5.91 Å². The van der Waals surface area contributed by atoms with Crippen LogP contribution in [-0.4, -0.2) is 16.8 Å². The van der Waals surface area contributed by atoms with E-state index in [2.05, 4.69) is 31.5 Å². The normalized spacial score (nSPS) is 10.3. The maximum absolute atomic E-state index is 12.2. The van der Waals surface area contributed by atoms with Crippen molar-refractivity contribution in [2.45, 2.75) is 19.4 Å². The second-order valence-corrected chi connectivity index (χ2v) is 7.22. The molecule has 0 aliphatic carbocycles. The van der Waals surface area contributed by atoms with Gasteiger partial charge in [-0.15, -0.1) is 0 Å². The summed E-state index contributed by atoms with van der Waals surface area (Å²) in [5.74, 6) is -0.229. The Kier molecular flexibility index (Phi) is 6.92. The Hall–Kier alpha value is -2.99.